The lowest BCUT2D eigenvalue weighted by atomic mass is 10.3. The standard InChI is InChI=1S/C13H18N2O4/c1-3-8-14-13(17)15-12(16)9-19-11-6-4-10(18-2)5-7-11/h4-7H,3,8-9H2,1-2H3,(H2,14,15,16,17). The summed E-state index contributed by atoms with van der Waals surface area (Å²) in [7, 11) is 1.57. The normalized spacial score (nSPS) is 9.58. The number of urea groups is 1. The van der Waals surface area contributed by atoms with Crippen molar-refractivity contribution in [3.63, 3.8) is 0 Å². The van der Waals surface area contributed by atoms with Crippen LogP contribution >= 0.6 is 0 Å². The lowest BCUT2D eigenvalue weighted by molar-refractivity contribution is -0.122. The van der Waals surface area contributed by atoms with E-state index in [1.807, 2.05) is 6.92 Å². The molecule has 0 fully saturated rings. The number of benzene rings is 1. The Labute approximate surface area is 112 Å². The van der Waals surface area contributed by atoms with E-state index in [0.29, 0.717) is 18.0 Å². The van der Waals surface area contributed by atoms with Gasteiger partial charge in [0.2, 0.25) is 0 Å². The molecule has 6 heteroatoms. The molecule has 1 aromatic carbocycles. The van der Waals surface area contributed by atoms with Crippen molar-refractivity contribution < 1.29 is 19.1 Å². The van der Waals surface area contributed by atoms with Crippen LogP contribution in [-0.4, -0.2) is 32.2 Å². The smallest absolute Gasteiger partial charge is 0.321 e. The van der Waals surface area contributed by atoms with Gasteiger partial charge in [-0.05, 0) is 30.7 Å². The minimum Gasteiger partial charge on any atom is -0.497 e. The molecule has 0 aromatic heterocycles. The Morgan fingerprint density at radius 1 is 1.16 bits per heavy atom. The van der Waals surface area contributed by atoms with Gasteiger partial charge < -0.3 is 14.8 Å². The number of ether oxygens (including phenoxy) is 2. The SMILES string of the molecule is CCCNC(=O)NC(=O)COc1ccc(OC)cc1. The predicted octanol–water partition coefficient (Wildman–Crippen LogP) is 1.31. The zero-order chi connectivity index (χ0) is 14.1. The molecule has 0 radical (unpaired) electrons. The van der Waals surface area contributed by atoms with Crippen LogP contribution < -0.4 is 20.1 Å². The second-order valence-corrected chi connectivity index (χ2v) is 3.77. The molecule has 0 aliphatic carbocycles. The average molecular weight is 266 g/mol. The summed E-state index contributed by atoms with van der Waals surface area (Å²) >= 11 is 0. The van der Waals surface area contributed by atoms with E-state index >= 15 is 0 Å². The monoisotopic (exact) mass is 266 g/mol. The molecule has 2 N–H and O–H groups in total. The number of rotatable bonds is 6. The topological polar surface area (TPSA) is 76.7 Å². The summed E-state index contributed by atoms with van der Waals surface area (Å²) in [5.74, 6) is 0.741. The second kappa shape index (κ2) is 7.97. The Kier molecular flexibility index (Phi) is 6.21. The summed E-state index contributed by atoms with van der Waals surface area (Å²) in [6.45, 7) is 2.24. The van der Waals surface area contributed by atoms with Crippen LogP contribution in [-0.2, 0) is 4.79 Å². The van der Waals surface area contributed by atoms with Crippen molar-refractivity contribution in [2.24, 2.45) is 0 Å². The number of hydrogen-bond donors (Lipinski definition) is 2. The molecule has 19 heavy (non-hydrogen) atoms. The van der Waals surface area contributed by atoms with E-state index in [1.165, 1.54) is 0 Å². The van der Waals surface area contributed by atoms with Crippen LogP contribution in [0.3, 0.4) is 0 Å². The lowest BCUT2D eigenvalue weighted by Crippen LogP contribution is -2.41. The van der Waals surface area contributed by atoms with E-state index in [1.54, 1.807) is 31.4 Å². The molecule has 0 saturated carbocycles. The fourth-order valence-electron chi connectivity index (χ4n) is 1.27. The van der Waals surface area contributed by atoms with Crippen LogP contribution in [0.15, 0.2) is 24.3 Å². The molecular formula is C13H18N2O4. The van der Waals surface area contributed by atoms with Gasteiger partial charge in [-0.3, -0.25) is 10.1 Å². The molecule has 0 unspecified atom stereocenters. The highest BCUT2D eigenvalue weighted by Gasteiger charge is 2.07. The number of hydrogen-bond acceptors (Lipinski definition) is 4. The van der Waals surface area contributed by atoms with Crippen molar-refractivity contribution in [3.8, 4) is 11.5 Å². The summed E-state index contributed by atoms with van der Waals surface area (Å²) in [5, 5.41) is 4.70. The quantitative estimate of drug-likeness (QED) is 0.814. The Bertz CT molecular complexity index is 417. The maximum absolute atomic E-state index is 11.4. The highest BCUT2D eigenvalue weighted by Crippen LogP contribution is 2.16. The summed E-state index contributed by atoms with van der Waals surface area (Å²) in [4.78, 5) is 22.6. The molecule has 0 heterocycles. The fourth-order valence-corrected chi connectivity index (χ4v) is 1.27. The minimum atomic E-state index is -0.509. The van der Waals surface area contributed by atoms with E-state index in [-0.39, 0.29) is 6.61 Å². The molecule has 0 aliphatic rings. The molecular weight excluding hydrogens is 248 g/mol. The van der Waals surface area contributed by atoms with E-state index < -0.39 is 11.9 Å². The Morgan fingerprint density at radius 3 is 2.37 bits per heavy atom. The van der Waals surface area contributed by atoms with E-state index in [4.69, 9.17) is 9.47 Å². The van der Waals surface area contributed by atoms with Gasteiger partial charge in [-0.2, -0.15) is 0 Å². The number of amides is 3. The first-order valence-corrected chi connectivity index (χ1v) is 6.00. The predicted molar refractivity (Wildman–Crippen MR) is 70.3 cm³/mol. The zero-order valence-corrected chi connectivity index (χ0v) is 11.1. The molecule has 0 aliphatic heterocycles. The first-order valence-electron chi connectivity index (χ1n) is 6.00. The third-order valence-electron chi connectivity index (χ3n) is 2.22. The van der Waals surface area contributed by atoms with Crippen LogP contribution in [0.5, 0.6) is 11.5 Å². The molecule has 1 aromatic rings. The Morgan fingerprint density at radius 2 is 1.79 bits per heavy atom. The van der Waals surface area contributed by atoms with Gasteiger partial charge in [0.1, 0.15) is 11.5 Å². The zero-order valence-electron chi connectivity index (χ0n) is 11.1. The van der Waals surface area contributed by atoms with Gasteiger partial charge in [0.05, 0.1) is 7.11 Å². The second-order valence-electron chi connectivity index (χ2n) is 3.77. The summed E-state index contributed by atoms with van der Waals surface area (Å²) in [5.41, 5.74) is 0. The molecule has 0 bridgehead atoms. The third-order valence-corrected chi connectivity index (χ3v) is 2.22. The number of nitrogens with one attached hydrogen (secondary N) is 2. The number of carbonyl (C=O) groups excluding carboxylic acids is 2. The van der Waals surface area contributed by atoms with Crippen molar-refractivity contribution in [2.75, 3.05) is 20.3 Å². The number of imide groups is 1. The molecule has 1 rings (SSSR count). The Balaban J connectivity index is 2.31. The van der Waals surface area contributed by atoms with Crippen LogP contribution in [0.4, 0.5) is 4.79 Å². The van der Waals surface area contributed by atoms with Gasteiger partial charge in [-0.1, -0.05) is 6.92 Å². The van der Waals surface area contributed by atoms with Crippen LogP contribution in [0.25, 0.3) is 0 Å². The van der Waals surface area contributed by atoms with Gasteiger partial charge in [-0.25, -0.2) is 4.79 Å². The van der Waals surface area contributed by atoms with E-state index in [0.717, 1.165) is 6.42 Å². The van der Waals surface area contributed by atoms with Gasteiger partial charge in [0, 0.05) is 6.54 Å². The van der Waals surface area contributed by atoms with Gasteiger partial charge in [-0.15, -0.1) is 0 Å². The number of carbonyl (C=O) groups is 2. The Hall–Kier alpha value is -2.24. The van der Waals surface area contributed by atoms with Gasteiger partial charge >= 0.3 is 6.03 Å². The lowest BCUT2D eigenvalue weighted by Gasteiger charge is -2.08. The van der Waals surface area contributed by atoms with Gasteiger partial charge in [0.25, 0.3) is 5.91 Å². The molecule has 3 amide bonds. The molecule has 0 atom stereocenters. The van der Waals surface area contributed by atoms with Crippen molar-refractivity contribution in [1.82, 2.24) is 10.6 Å². The molecule has 6 nitrogen and oxygen atoms in total. The minimum absolute atomic E-state index is 0.216. The first-order chi connectivity index (χ1) is 9.15. The van der Waals surface area contributed by atoms with Gasteiger partial charge in [0.15, 0.2) is 6.61 Å². The highest BCUT2D eigenvalue weighted by atomic mass is 16.5. The maximum atomic E-state index is 11.4. The third kappa shape index (κ3) is 5.76. The van der Waals surface area contributed by atoms with Crippen molar-refractivity contribution >= 4 is 11.9 Å². The molecule has 0 spiro atoms. The number of methoxy groups -OCH3 is 1. The molecule has 104 valence electrons. The fraction of sp³-hybridized carbons (Fsp3) is 0.385. The van der Waals surface area contributed by atoms with Crippen molar-refractivity contribution in [1.29, 1.82) is 0 Å². The van der Waals surface area contributed by atoms with Crippen LogP contribution in [0, 0.1) is 0 Å². The largest absolute Gasteiger partial charge is 0.497 e. The highest BCUT2D eigenvalue weighted by molar-refractivity contribution is 5.94. The van der Waals surface area contributed by atoms with Crippen LogP contribution in [0.2, 0.25) is 0 Å². The average Bonchev–Trinajstić information content (AvgIpc) is 2.43. The summed E-state index contributed by atoms with van der Waals surface area (Å²) < 4.78 is 10.2. The maximum Gasteiger partial charge on any atom is 0.321 e. The van der Waals surface area contributed by atoms with E-state index in [2.05, 4.69) is 10.6 Å². The molecule has 0 saturated heterocycles. The summed E-state index contributed by atoms with van der Waals surface area (Å²) in [6, 6.07) is 6.31. The van der Waals surface area contributed by atoms with Crippen LogP contribution in [0.1, 0.15) is 13.3 Å². The first kappa shape index (κ1) is 14.8. The van der Waals surface area contributed by atoms with Crippen molar-refractivity contribution in [2.45, 2.75) is 13.3 Å². The van der Waals surface area contributed by atoms with Crippen molar-refractivity contribution in [3.05, 3.63) is 24.3 Å². The summed E-state index contributed by atoms with van der Waals surface area (Å²) in [6.07, 6.45) is 0.809. The van der Waals surface area contributed by atoms with E-state index in [9.17, 15) is 9.59 Å².